The van der Waals surface area contributed by atoms with Gasteiger partial charge in [-0.3, -0.25) is 15.4 Å². The molecule has 0 aliphatic heterocycles. The zero-order valence-electron chi connectivity index (χ0n) is 15.7. The maximum absolute atomic E-state index is 6.36. The average molecular weight is 383 g/mol. The Kier molecular flexibility index (Phi) is 5.48. The van der Waals surface area contributed by atoms with Gasteiger partial charge in [0.2, 0.25) is 0 Å². The highest BCUT2D eigenvalue weighted by Crippen LogP contribution is 2.29. The molecule has 7 heteroatoms. The summed E-state index contributed by atoms with van der Waals surface area (Å²) in [6, 6.07) is 23.8. The van der Waals surface area contributed by atoms with E-state index in [1.54, 1.807) is 12.4 Å². The van der Waals surface area contributed by atoms with Gasteiger partial charge in [0.05, 0.1) is 11.4 Å². The molecule has 2 aromatic carbocycles. The fourth-order valence-electron chi connectivity index (χ4n) is 2.85. The molecule has 0 unspecified atom stereocenters. The number of nitrogens with two attached hydrogens (primary N) is 1. The molecular weight excluding hydrogens is 362 g/mol. The standard InChI is InChI=1S/C22H21N7/c23-20-21(25-15-17-8-7-13-24-14-17)26-16-27-22(20)28-29(18-9-3-1-4-10-18)19-11-5-2-6-12-19/h1-14,16H,15,23H2,(H2,25,26,27,28). The predicted molar refractivity (Wildman–Crippen MR) is 117 cm³/mol. The van der Waals surface area contributed by atoms with Crippen LogP contribution in [0.5, 0.6) is 0 Å². The first kappa shape index (κ1) is 18.2. The number of hydrogen-bond donors (Lipinski definition) is 3. The third-order valence-corrected chi connectivity index (χ3v) is 4.31. The lowest BCUT2D eigenvalue weighted by atomic mass is 10.2. The van der Waals surface area contributed by atoms with E-state index in [1.807, 2.05) is 77.8 Å². The molecule has 0 radical (unpaired) electrons. The summed E-state index contributed by atoms with van der Waals surface area (Å²) >= 11 is 0. The summed E-state index contributed by atoms with van der Waals surface area (Å²) < 4.78 is 0. The monoisotopic (exact) mass is 383 g/mol. The Morgan fingerprint density at radius 3 is 2.07 bits per heavy atom. The van der Waals surface area contributed by atoms with Crippen molar-refractivity contribution in [3.8, 4) is 0 Å². The summed E-state index contributed by atoms with van der Waals surface area (Å²) in [6.07, 6.45) is 5.03. The van der Waals surface area contributed by atoms with Crippen LogP contribution in [0.1, 0.15) is 5.56 Å². The van der Waals surface area contributed by atoms with E-state index in [0.717, 1.165) is 16.9 Å². The van der Waals surface area contributed by atoms with Gasteiger partial charge in [0, 0.05) is 18.9 Å². The zero-order chi connectivity index (χ0) is 19.9. The van der Waals surface area contributed by atoms with Crippen molar-refractivity contribution in [3.63, 3.8) is 0 Å². The molecule has 0 spiro atoms. The highest BCUT2D eigenvalue weighted by atomic mass is 15.5. The Morgan fingerprint density at radius 2 is 1.45 bits per heavy atom. The van der Waals surface area contributed by atoms with Crippen molar-refractivity contribution in [2.45, 2.75) is 6.54 Å². The van der Waals surface area contributed by atoms with Gasteiger partial charge < -0.3 is 11.1 Å². The van der Waals surface area contributed by atoms with E-state index in [1.165, 1.54) is 6.33 Å². The SMILES string of the molecule is Nc1c(NCc2cccnc2)ncnc1NN(c1ccccc1)c1ccccc1. The number of anilines is 5. The van der Waals surface area contributed by atoms with Crippen LogP contribution in [-0.2, 0) is 6.54 Å². The number of benzene rings is 2. The second-order valence-electron chi connectivity index (χ2n) is 6.32. The summed E-state index contributed by atoms with van der Waals surface area (Å²) in [5, 5.41) is 5.18. The molecule has 4 rings (SSSR count). The Morgan fingerprint density at radius 1 is 0.793 bits per heavy atom. The molecule has 0 atom stereocenters. The zero-order valence-corrected chi connectivity index (χ0v) is 15.7. The molecule has 4 N–H and O–H groups in total. The normalized spacial score (nSPS) is 10.3. The molecule has 144 valence electrons. The van der Waals surface area contributed by atoms with Gasteiger partial charge in [-0.15, -0.1) is 0 Å². The molecule has 0 amide bonds. The van der Waals surface area contributed by atoms with Crippen molar-refractivity contribution < 1.29 is 0 Å². The molecule has 0 fully saturated rings. The van der Waals surface area contributed by atoms with Crippen LogP contribution in [0.15, 0.2) is 91.5 Å². The highest BCUT2D eigenvalue weighted by Gasteiger charge is 2.14. The minimum Gasteiger partial charge on any atom is -0.393 e. The fraction of sp³-hybridized carbons (Fsp3) is 0.0455. The van der Waals surface area contributed by atoms with Crippen molar-refractivity contribution in [2.75, 3.05) is 21.5 Å². The number of nitrogens with zero attached hydrogens (tertiary/aromatic N) is 4. The lowest BCUT2D eigenvalue weighted by molar-refractivity contribution is 1.05. The summed E-state index contributed by atoms with van der Waals surface area (Å²) in [5.41, 5.74) is 13.1. The molecular formula is C22H21N7. The third kappa shape index (κ3) is 4.41. The number of nitrogens with one attached hydrogen (secondary N) is 2. The maximum atomic E-state index is 6.36. The largest absolute Gasteiger partial charge is 0.393 e. The molecule has 29 heavy (non-hydrogen) atoms. The number of rotatable bonds is 7. The van der Waals surface area contributed by atoms with Crippen LogP contribution in [-0.4, -0.2) is 15.0 Å². The minimum atomic E-state index is 0.438. The summed E-state index contributed by atoms with van der Waals surface area (Å²) in [5.74, 6) is 1.08. The van der Waals surface area contributed by atoms with E-state index < -0.39 is 0 Å². The summed E-state index contributed by atoms with van der Waals surface area (Å²) in [7, 11) is 0. The number of hydrogen-bond acceptors (Lipinski definition) is 7. The second kappa shape index (κ2) is 8.71. The third-order valence-electron chi connectivity index (χ3n) is 4.31. The quantitative estimate of drug-likeness (QED) is 0.411. The fourth-order valence-corrected chi connectivity index (χ4v) is 2.85. The van der Waals surface area contributed by atoms with Crippen molar-refractivity contribution in [1.29, 1.82) is 0 Å². The number of para-hydroxylation sites is 2. The Balaban J connectivity index is 1.59. The number of pyridine rings is 1. The molecule has 2 heterocycles. The van der Waals surface area contributed by atoms with Gasteiger partial charge in [-0.05, 0) is 35.9 Å². The van der Waals surface area contributed by atoms with E-state index in [2.05, 4.69) is 25.7 Å². The van der Waals surface area contributed by atoms with Crippen LogP contribution >= 0.6 is 0 Å². The van der Waals surface area contributed by atoms with Gasteiger partial charge >= 0.3 is 0 Å². The van der Waals surface area contributed by atoms with Gasteiger partial charge in [-0.2, -0.15) is 0 Å². The van der Waals surface area contributed by atoms with Gasteiger partial charge in [0.1, 0.15) is 12.0 Å². The van der Waals surface area contributed by atoms with Crippen molar-refractivity contribution in [2.24, 2.45) is 0 Å². The van der Waals surface area contributed by atoms with Crippen LogP contribution in [0.3, 0.4) is 0 Å². The van der Waals surface area contributed by atoms with Crippen molar-refractivity contribution >= 4 is 28.7 Å². The Labute approximate surface area is 169 Å². The summed E-state index contributed by atoms with van der Waals surface area (Å²) in [6.45, 7) is 0.565. The molecule has 0 saturated heterocycles. The lowest BCUT2D eigenvalue weighted by Gasteiger charge is -2.26. The van der Waals surface area contributed by atoms with E-state index >= 15 is 0 Å². The van der Waals surface area contributed by atoms with Gasteiger partial charge in [0.25, 0.3) is 0 Å². The van der Waals surface area contributed by atoms with E-state index in [-0.39, 0.29) is 0 Å². The lowest BCUT2D eigenvalue weighted by Crippen LogP contribution is -2.26. The molecule has 4 aromatic rings. The Bertz CT molecular complexity index is 1000. The first-order valence-electron chi connectivity index (χ1n) is 9.21. The highest BCUT2D eigenvalue weighted by molar-refractivity contribution is 5.77. The number of hydrazine groups is 1. The number of nitrogen functional groups attached to an aromatic ring is 1. The van der Waals surface area contributed by atoms with Crippen molar-refractivity contribution in [3.05, 3.63) is 97.1 Å². The first-order valence-corrected chi connectivity index (χ1v) is 9.21. The molecule has 7 nitrogen and oxygen atoms in total. The second-order valence-corrected chi connectivity index (χ2v) is 6.32. The van der Waals surface area contributed by atoms with E-state index in [4.69, 9.17) is 5.73 Å². The van der Waals surface area contributed by atoms with Crippen LogP contribution < -0.4 is 21.5 Å². The van der Waals surface area contributed by atoms with Gasteiger partial charge in [0.15, 0.2) is 11.6 Å². The van der Waals surface area contributed by atoms with E-state index in [0.29, 0.717) is 23.9 Å². The molecule has 0 bridgehead atoms. The number of aromatic nitrogens is 3. The topological polar surface area (TPSA) is 92.0 Å². The van der Waals surface area contributed by atoms with E-state index in [9.17, 15) is 0 Å². The molecule has 0 aliphatic carbocycles. The molecule has 0 aliphatic rings. The first-order chi connectivity index (χ1) is 14.3. The van der Waals surface area contributed by atoms with Gasteiger partial charge in [-0.1, -0.05) is 42.5 Å². The molecule has 2 aromatic heterocycles. The van der Waals surface area contributed by atoms with Gasteiger partial charge in [-0.25, -0.2) is 9.97 Å². The average Bonchev–Trinajstić information content (AvgIpc) is 2.79. The van der Waals surface area contributed by atoms with Crippen LogP contribution in [0.25, 0.3) is 0 Å². The molecule has 0 saturated carbocycles. The van der Waals surface area contributed by atoms with Crippen LogP contribution in [0.4, 0.5) is 28.7 Å². The van der Waals surface area contributed by atoms with Crippen molar-refractivity contribution in [1.82, 2.24) is 15.0 Å². The smallest absolute Gasteiger partial charge is 0.173 e. The Hall–Kier alpha value is -4.13. The summed E-state index contributed by atoms with van der Waals surface area (Å²) in [4.78, 5) is 12.7. The van der Waals surface area contributed by atoms with Crippen LogP contribution in [0.2, 0.25) is 0 Å². The predicted octanol–water partition coefficient (Wildman–Crippen LogP) is 4.23. The maximum Gasteiger partial charge on any atom is 0.173 e. The van der Waals surface area contributed by atoms with Crippen LogP contribution in [0, 0.1) is 0 Å². The minimum absolute atomic E-state index is 0.438.